The van der Waals surface area contributed by atoms with E-state index in [1.807, 2.05) is 35.2 Å². The molecule has 1 aliphatic rings. The average Bonchev–Trinajstić information content (AvgIpc) is 2.63. The number of carbonyl (C=O) groups excluding carboxylic acids is 1. The molecule has 1 aromatic heterocycles. The van der Waals surface area contributed by atoms with E-state index in [2.05, 4.69) is 22.4 Å². The zero-order valence-electron chi connectivity index (χ0n) is 13.4. The summed E-state index contributed by atoms with van der Waals surface area (Å²) in [4.78, 5) is 19.0. The van der Waals surface area contributed by atoms with Gasteiger partial charge in [-0.3, -0.25) is 4.79 Å². The van der Waals surface area contributed by atoms with Crippen LogP contribution in [0.1, 0.15) is 35.2 Å². The fourth-order valence-electron chi connectivity index (χ4n) is 2.96. The van der Waals surface area contributed by atoms with E-state index in [0.29, 0.717) is 11.4 Å². The molecule has 0 unspecified atom stereocenters. The summed E-state index contributed by atoms with van der Waals surface area (Å²) in [5.41, 5.74) is 1.96. The molecule has 0 bridgehead atoms. The van der Waals surface area contributed by atoms with Crippen LogP contribution in [0.3, 0.4) is 0 Å². The van der Waals surface area contributed by atoms with Crippen LogP contribution >= 0.6 is 0 Å². The summed E-state index contributed by atoms with van der Waals surface area (Å²) in [6.45, 7) is 2.48. The van der Waals surface area contributed by atoms with Crippen molar-refractivity contribution in [3.05, 3.63) is 59.8 Å². The Hall–Kier alpha value is -2.36. The first-order valence-corrected chi connectivity index (χ1v) is 8.37. The fourth-order valence-corrected chi connectivity index (χ4v) is 2.96. The van der Waals surface area contributed by atoms with Gasteiger partial charge in [0.15, 0.2) is 0 Å². The summed E-state index contributed by atoms with van der Waals surface area (Å²) in [6, 6.07) is 14.0. The molecule has 0 radical (unpaired) electrons. The van der Waals surface area contributed by atoms with Crippen LogP contribution in [-0.4, -0.2) is 35.4 Å². The topological polar surface area (TPSA) is 45.2 Å². The number of rotatable bonds is 5. The van der Waals surface area contributed by atoms with Crippen molar-refractivity contribution >= 4 is 11.7 Å². The number of aromatic nitrogens is 1. The minimum absolute atomic E-state index is 0.0972. The van der Waals surface area contributed by atoms with Crippen LogP contribution in [0.15, 0.2) is 48.7 Å². The Morgan fingerprint density at radius 1 is 1.04 bits per heavy atom. The maximum absolute atomic E-state index is 12.7. The molecule has 0 atom stereocenters. The molecule has 4 heteroatoms. The Balaban J connectivity index is 1.64. The first-order chi connectivity index (χ1) is 11.3. The zero-order valence-corrected chi connectivity index (χ0v) is 13.4. The summed E-state index contributed by atoms with van der Waals surface area (Å²) in [7, 11) is 0. The maximum atomic E-state index is 12.7. The van der Waals surface area contributed by atoms with Gasteiger partial charge in [0.25, 0.3) is 5.91 Å². The van der Waals surface area contributed by atoms with Gasteiger partial charge in [0.05, 0.1) is 5.56 Å². The highest BCUT2D eigenvalue weighted by molar-refractivity contribution is 5.98. The highest BCUT2D eigenvalue weighted by atomic mass is 16.2. The number of benzene rings is 1. The number of amides is 1. The molecule has 23 heavy (non-hydrogen) atoms. The van der Waals surface area contributed by atoms with E-state index in [1.54, 1.807) is 6.20 Å². The van der Waals surface area contributed by atoms with E-state index in [0.717, 1.165) is 38.9 Å². The van der Waals surface area contributed by atoms with Crippen molar-refractivity contribution in [3.63, 3.8) is 0 Å². The number of likely N-dealkylation sites (tertiary alicyclic amines) is 1. The highest BCUT2D eigenvalue weighted by Gasteiger charge is 2.20. The lowest BCUT2D eigenvalue weighted by atomic mass is 10.1. The number of hydrogen-bond acceptors (Lipinski definition) is 3. The zero-order chi connectivity index (χ0) is 15.9. The Bertz CT molecular complexity index is 636. The van der Waals surface area contributed by atoms with Crippen LogP contribution in [0.5, 0.6) is 0 Å². The monoisotopic (exact) mass is 309 g/mol. The summed E-state index contributed by atoms with van der Waals surface area (Å²) >= 11 is 0. The number of piperidine rings is 1. The third-order valence-electron chi connectivity index (χ3n) is 4.23. The molecule has 3 rings (SSSR count). The van der Waals surface area contributed by atoms with Crippen molar-refractivity contribution in [1.82, 2.24) is 9.88 Å². The summed E-state index contributed by atoms with van der Waals surface area (Å²) in [6.07, 6.45) is 6.07. The van der Waals surface area contributed by atoms with Crippen molar-refractivity contribution in [2.75, 3.05) is 25.0 Å². The molecule has 1 saturated heterocycles. The van der Waals surface area contributed by atoms with Gasteiger partial charge in [0.1, 0.15) is 5.82 Å². The van der Waals surface area contributed by atoms with E-state index in [4.69, 9.17) is 0 Å². The molecular weight excluding hydrogens is 286 g/mol. The molecular formula is C19H23N3O. The van der Waals surface area contributed by atoms with Crippen LogP contribution in [0.2, 0.25) is 0 Å². The molecule has 0 aliphatic carbocycles. The molecule has 0 spiro atoms. The van der Waals surface area contributed by atoms with Crippen LogP contribution < -0.4 is 5.32 Å². The lowest BCUT2D eigenvalue weighted by molar-refractivity contribution is 0.0725. The maximum Gasteiger partial charge on any atom is 0.257 e. The van der Waals surface area contributed by atoms with Gasteiger partial charge in [-0.1, -0.05) is 30.3 Å². The minimum atomic E-state index is 0.0972. The molecule has 1 aliphatic heterocycles. The predicted octanol–water partition coefficient (Wildman–Crippen LogP) is 3.36. The Morgan fingerprint density at radius 2 is 1.83 bits per heavy atom. The number of anilines is 1. The predicted molar refractivity (Wildman–Crippen MR) is 92.6 cm³/mol. The van der Waals surface area contributed by atoms with E-state index in [1.165, 1.54) is 12.0 Å². The highest BCUT2D eigenvalue weighted by Crippen LogP contribution is 2.18. The summed E-state index contributed by atoms with van der Waals surface area (Å²) in [5.74, 6) is 0.791. The van der Waals surface area contributed by atoms with E-state index in [-0.39, 0.29) is 5.91 Å². The molecule has 4 nitrogen and oxygen atoms in total. The van der Waals surface area contributed by atoms with Crippen LogP contribution in [0, 0.1) is 0 Å². The minimum Gasteiger partial charge on any atom is -0.369 e. The molecule has 2 heterocycles. The Labute approximate surface area is 137 Å². The second-order valence-electron chi connectivity index (χ2n) is 5.91. The van der Waals surface area contributed by atoms with Crippen molar-refractivity contribution in [3.8, 4) is 0 Å². The largest absolute Gasteiger partial charge is 0.369 e. The van der Waals surface area contributed by atoms with Gasteiger partial charge in [-0.15, -0.1) is 0 Å². The third kappa shape index (κ3) is 4.09. The van der Waals surface area contributed by atoms with Gasteiger partial charge in [0, 0.05) is 25.8 Å². The van der Waals surface area contributed by atoms with E-state index in [9.17, 15) is 4.79 Å². The number of pyridine rings is 1. The quantitative estimate of drug-likeness (QED) is 0.921. The van der Waals surface area contributed by atoms with Gasteiger partial charge in [-0.25, -0.2) is 4.98 Å². The van der Waals surface area contributed by atoms with Crippen LogP contribution in [-0.2, 0) is 6.42 Å². The SMILES string of the molecule is O=C(c1cccnc1NCCc1ccccc1)N1CCCCC1. The Morgan fingerprint density at radius 3 is 2.61 bits per heavy atom. The van der Waals surface area contributed by atoms with Gasteiger partial charge in [0.2, 0.25) is 0 Å². The van der Waals surface area contributed by atoms with Crippen LogP contribution in [0.25, 0.3) is 0 Å². The van der Waals surface area contributed by atoms with Gasteiger partial charge >= 0.3 is 0 Å². The first-order valence-electron chi connectivity index (χ1n) is 8.37. The smallest absolute Gasteiger partial charge is 0.257 e. The number of nitrogens with one attached hydrogen (secondary N) is 1. The number of nitrogens with zero attached hydrogens (tertiary/aromatic N) is 2. The van der Waals surface area contributed by atoms with Crippen molar-refractivity contribution in [1.29, 1.82) is 0 Å². The fraction of sp³-hybridized carbons (Fsp3) is 0.368. The second-order valence-corrected chi connectivity index (χ2v) is 5.91. The van der Waals surface area contributed by atoms with E-state index < -0.39 is 0 Å². The average molecular weight is 309 g/mol. The van der Waals surface area contributed by atoms with Crippen molar-refractivity contribution < 1.29 is 4.79 Å². The number of carbonyl (C=O) groups is 1. The summed E-state index contributed by atoms with van der Waals surface area (Å²) in [5, 5.41) is 3.32. The van der Waals surface area contributed by atoms with Gasteiger partial charge in [-0.05, 0) is 43.4 Å². The second kappa shape index (κ2) is 7.77. The first kappa shape index (κ1) is 15.5. The molecule has 1 amide bonds. The number of hydrogen-bond donors (Lipinski definition) is 1. The molecule has 1 aromatic carbocycles. The van der Waals surface area contributed by atoms with Gasteiger partial charge < -0.3 is 10.2 Å². The molecule has 120 valence electrons. The third-order valence-corrected chi connectivity index (χ3v) is 4.23. The van der Waals surface area contributed by atoms with Gasteiger partial charge in [-0.2, -0.15) is 0 Å². The molecule has 0 saturated carbocycles. The lowest BCUT2D eigenvalue weighted by Crippen LogP contribution is -2.36. The standard InChI is InChI=1S/C19H23N3O/c23-19(22-14-5-2-6-15-22)17-10-7-12-20-18(17)21-13-11-16-8-3-1-4-9-16/h1,3-4,7-10,12H,2,5-6,11,13-15H2,(H,20,21). The Kier molecular flexibility index (Phi) is 5.25. The molecule has 1 N–H and O–H groups in total. The molecule has 1 fully saturated rings. The van der Waals surface area contributed by atoms with Crippen molar-refractivity contribution in [2.45, 2.75) is 25.7 Å². The van der Waals surface area contributed by atoms with E-state index >= 15 is 0 Å². The van der Waals surface area contributed by atoms with Crippen molar-refractivity contribution in [2.24, 2.45) is 0 Å². The lowest BCUT2D eigenvalue weighted by Gasteiger charge is -2.27. The summed E-state index contributed by atoms with van der Waals surface area (Å²) < 4.78 is 0. The van der Waals surface area contributed by atoms with Crippen LogP contribution in [0.4, 0.5) is 5.82 Å². The molecule has 2 aromatic rings. The normalized spacial score (nSPS) is 14.5.